The van der Waals surface area contributed by atoms with Crippen molar-refractivity contribution in [3.05, 3.63) is 59.1 Å². The van der Waals surface area contributed by atoms with E-state index < -0.39 is 9.84 Å². The number of sulfone groups is 1. The van der Waals surface area contributed by atoms with Crippen molar-refractivity contribution in [2.75, 3.05) is 11.1 Å². The Labute approximate surface area is 146 Å². The van der Waals surface area contributed by atoms with E-state index in [-0.39, 0.29) is 11.8 Å². The number of aryl methyl sites for hydroxylation is 2. The monoisotopic (exact) mass is 354 g/mol. The fraction of sp³-hybridized carbons (Fsp3) is 0.222. The predicted molar refractivity (Wildman–Crippen MR) is 98.2 cm³/mol. The number of benzene rings is 1. The van der Waals surface area contributed by atoms with Crippen LogP contribution in [-0.4, -0.2) is 34.8 Å². The lowest BCUT2D eigenvalue weighted by atomic mass is 10.1. The van der Waals surface area contributed by atoms with Gasteiger partial charge in [-0.1, -0.05) is 30.3 Å². The van der Waals surface area contributed by atoms with Gasteiger partial charge in [-0.15, -0.1) is 0 Å². The zero-order valence-corrected chi connectivity index (χ0v) is 14.8. The third-order valence-electron chi connectivity index (χ3n) is 4.39. The highest BCUT2D eigenvalue weighted by Crippen LogP contribution is 2.26. The van der Waals surface area contributed by atoms with Crippen LogP contribution in [0.4, 0.5) is 5.82 Å². The second kappa shape index (κ2) is 5.70. The van der Waals surface area contributed by atoms with Gasteiger partial charge in [0, 0.05) is 22.6 Å². The molecular weight excluding hydrogens is 336 g/mol. The number of hydrogen-bond donors (Lipinski definition) is 1. The van der Waals surface area contributed by atoms with Gasteiger partial charge < -0.3 is 5.32 Å². The number of nitrogens with zero attached hydrogens (tertiary/aromatic N) is 3. The average molecular weight is 354 g/mol. The lowest BCUT2D eigenvalue weighted by Gasteiger charge is -2.14. The Morgan fingerprint density at radius 2 is 1.96 bits per heavy atom. The van der Waals surface area contributed by atoms with Crippen LogP contribution >= 0.6 is 0 Å². The van der Waals surface area contributed by atoms with Crippen LogP contribution in [0, 0.1) is 13.8 Å². The molecule has 3 aromatic rings. The lowest BCUT2D eigenvalue weighted by molar-refractivity contribution is 0.605. The normalized spacial score (nSPS) is 18.7. The summed E-state index contributed by atoms with van der Waals surface area (Å²) in [6, 6.07) is 11.5. The van der Waals surface area contributed by atoms with Crippen LogP contribution in [0.15, 0.2) is 47.9 Å². The number of fused-ring (bicyclic) bond motifs is 1. The van der Waals surface area contributed by atoms with Crippen molar-refractivity contribution >= 4 is 21.3 Å². The Kier molecular flexibility index (Phi) is 3.61. The Morgan fingerprint density at radius 3 is 2.64 bits per heavy atom. The topological polar surface area (TPSA) is 76.4 Å². The van der Waals surface area contributed by atoms with E-state index in [4.69, 9.17) is 4.98 Å². The molecule has 25 heavy (non-hydrogen) atoms. The van der Waals surface area contributed by atoms with Crippen molar-refractivity contribution in [2.45, 2.75) is 19.9 Å². The van der Waals surface area contributed by atoms with Crippen LogP contribution in [0.5, 0.6) is 0 Å². The van der Waals surface area contributed by atoms with Crippen LogP contribution in [0.25, 0.3) is 16.9 Å². The minimum absolute atomic E-state index is 0.0523. The van der Waals surface area contributed by atoms with E-state index in [1.54, 1.807) is 10.6 Å². The van der Waals surface area contributed by atoms with E-state index in [1.807, 2.05) is 50.2 Å². The molecule has 128 valence electrons. The molecule has 3 heterocycles. The first-order valence-corrected chi connectivity index (χ1v) is 9.74. The minimum Gasteiger partial charge on any atom is -0.363 e. The number of nitrogens with one attached hydrogen (secondary N) is 1. The molecule has 7 heteroatoms. The first-order chi connectivity index (χ1) is 11.9. The maximum atomic E-state index is 11.7. The molecule has 0 spiro atoms. The van der Waals surface area contributed by atoms with Gasteiger partial charge in [-0.05, 0) is 19.9 Å². The van der Waals surface area contributed by atoms with Crippen LogP contribution < -0.4 is 5.32 Å². The Hall–Kier alpha value is -2.67. The Balaban J connectivity index is 1.84. The third-order valence-corrected chi connectivity index (χ3v) is 5.79. The van der Waals surface area contributed by atoms with Crippen molar-refractivity contribution in [2.24, 2.45) is 0 Å². The smallest absolute Gasteiger partial charge is 0.173 e. The van der Waals surface area contributed by atoms with E-state index in [0.29, 0.717) is 0 Å². The number of rotatable bonds is 3. The number of anilines is 1. The Bertz CT molecular complexity index is 1090. The molecule has 1 atom stereocenters. The van der Waals surface area contributed by atoms with E-state index in [0.717, 1.165) is 34.0 Å². The summed E-state index contributed by atoms with van der Waals surface area (Å²) in [5.41, 5.74) is 4.50. The summed E-state index contributed by atoms with van der Waals surface area (Å²) in [6.45, 7) is 3.93. The molecule has 1 aliphatic heterocycles. The molecule has 1 unspecified atom stereocenters. The number of aromatic nitrogens is 3. The minimum atomic E-state index is -3.12. The van der Waals surface area contributed by atoms with Crippen LogP contribution in [-0.2, 0) is 9.84 Å². The van der Waals surface area contributed by atoms with E-state index in [2.05, 4.69) is 10.4 Å². The molecule has 0 amide bonds. The first-order valence-electron chi connectivity index (χ1n) is 8.03. The molecule has 1 aromatic carbocycles. The van der Waals surface area contributed by atoms with Crippen LogP contribution in [0.2, 0.25) is 0 Å². The van der Waals surface area contributed by atoms with Crippen LogP contribution in [0.1, 0.15) is 11.3 Å². The SMILES string of the molecule is Cc1nn2c(NC3C=CS(=O)(=O)C3)cc(-c3ccccc3)nc2c1C. The fourth-order valence-corrected chi connectivity index (χ4v) is 4.18. The summed E-state index contributed by atoms with van der Waals surface area (Å²) in [4.78, 5) is 4.75. The zero-order valence-electron chi connectivity index (χ0n) is 14.0. The maximum Gasteiger partial charge on any atom is 0.173 e. The third kappa shape index (κ3) is 2.91. The van der Waals surface area contributed by atoms with Crippen LogP contribution in [0.3, 0.4) is 0 Å². The molecule has 1 aliphatic rings. The quantitative estimate of drug-likeness (QED) is 0.783. The maximum absolute atomic E-state index is 11.7. The molecule has 0 fully saturated rings. The predicted octanol–water partition coefficient (Wildman–Crippen LogP) is 2.74. The molecular formula is C18H18N4O2S. The molecule has 1 N–H and O–H groups in total. The lowest BCUT2D eigenvalue weighted by Crippen LogP contribution is -2.22. The highest BCUT2D eigenvalue weighted by molar-refractivity contribution is 7.94. The van der Waals surface area contributed by atoms with Crippen molar-refractivity contribution in [3.63, 3.8) is 0 Å². The average Bonchev–Trinajstić information content (AvgIpc) is 3.08. The summed E-state index contributed by atoms with van der Waals surface area (Å²) in [6.07, 6.45) is 1.67. The summed E-state index contributed by atoms with van der Waals surface area (Å²) in [7, 11) is -3.12. The van der Waals surface area contributed by atoms with E-state index in [9.17, 15) is 8.42 Å². The van der Waals surface area contributed by atoms with E-state index >= 15 is 0 Å². The molecule has 6 nitrogen and oxygen atoms in total. The van der Waals surface area contributed by atoms with Crippen molar-refractivity contribution < 1.29 is 8.42 Å². The first kappa shape index (κ1) is 15.8. The molecule has 0 aliphatic carbocycles. The van der Waals surface area contributed by atoms with Gasteiger partial charge in [0.05, 0.1) is 23.2 Å². The van der Waals surface area contributed by atoms with Gasteiger partial charge in [0.2, 0.25) is 0 Å². The molecule has 0 saturated heterocycles. The number of hydrogen-bond acceptors (Lipinski definition) is 5. The van der Waals surface area contributed by atoms with Crippen molar-refractivity contribution in [1.29, 1.82) is 0 Å². The van der Waals surface area contributed by atoms with Gasteiger partial charge in [-0.25, -0.2) is 13.4 Å². The summed E-state index contributed by atoms with van der Waals surface area (Å²) in [5, 5.41) is 9.09. The highest BCUT2D eigenvalue weighted by Gasteiger charge is 2.23. The molecule has 4 rings (SSSR count). The molecule has 0 saturated carbocycles. The standard InChI is InChI=1S/C18H18N4O2S/c1-12-13(2)21-22-17(19-15-8-9-25(23,24)11-15)10-16(20-18(12)22)14-6-4-3-5-7-14/h3-10,15,19H,11H2,1-2H3. The fourth-order valence-electron chi connectivity index (χ4n) is 2.94. The second-order valence-corrected chi connectivity index (χ2v) is 8.18. The van der Waals surface area contributed by atoms with Crippen molar-refractivity contribution in [3.8, 4) is 11.3 Å². The van der Waals surface area contributed by atoms with E-state index in [1.165, 1.54) is 5.41 Å². The molecule has 2 aromatic heterocycles. The second-order valence-electron chi connectivity index (χ2n) is 6.25. The molecule has 0 bridgehead atoms. The van der Waals surface area contributed by atoms with Gasteiger partial charge >= 0.3 is 0 Å². The summed E-state index contributed by atoms with van der Waals surface area (Å²) < 4.78 is 25.1. The summed E-state index contributed by atoms with van der Waals surface area (Å²) >= 11 is 0. The Morgan fingerprint density at radius 1 is 1.20 bits per heavy atom. The zero-order chi connectivity index (χ0) is 17.6. The van der Waals surface area contributed by atoms with Gasteiger partial charge in [0.25, 0.3) is 0 Å². The molecule has 0 radical (unpaired) electrons. The summed E-state index contributed by atoms with van der Waals surface area (Å²) in [5.74, 6) is 0.781. The van der Waals surface area contributed by atoms with Crippen molar-refractivity contribution in [1.82, 2.24) is 14.6 Å². The van der Waals surface area contributed by atoms with Gasteiger partial charge in [-0.2, -0.15) is 9.61 Å². The van der Waals surface area contributed by atoms with Gasteiger partial charge in [0.1, 0.15) is 5.82 Å². The highest BCUT2D eigenvalue weighted by atomic mass is 32.2. The van der Waals surface area contributed by atoms with Gasteiger partial charge in [-0.3, -0.25) is 0 Å². The van der Waals surface area contributed by atoms with Gasteiger partial charge in [0.15, 0.2) is 15.5 Å². The largest absolute Gasteiger partial charge is 0.363 e.